The van der Waals surface area contributed by atoms with Gasteiger partial charge in [0.15, 0.2) is 0 Å². The van der Waals surface area contributed by atoms with Crippen LogP contribution in [-0.4, -0.2) is 34.9 Å². The zero-order chi connectivity index (χ0) is 20.8. The molecule has 7 heteroatoms. The summed E-state index contributed by atoms with van der Waals surface area (Å²) < 4.78 is 4.54. The molecule has 0 unspecified atom stereocenters. The summed E-state index contributed by atoms with van der Waals surface area (Å²) in [7, 11) is 0. The summed E-state index contributed by atoms with van der Waals surface area (Å²) in [6, 6.07) is 7.86. The fraction of sp³-hybridized carbons (Fsp3) is 0.609. The lowest BCUT2D eigenvalue weighted by Crippen LogP contribution is -2.38. The molecule has 2 heterocycles. The van der Waals surface area contributed by atoms with Crippen LogP contribution in [0.2, 0.25) is 5.02 Å². The first-order valence-electron chi connectivity index (χ1n) is 11.2. The van der Waals surface area contributed by atoms with Crippen molar-refractivity contribution in [2.75, 3.05) is 24.5 Å². The van der Waals surface area contributed by atoms with E-state index >= 15 is 0 Å². The van der Waals surface area contributed by atoms with Crippen molar-refractivity contribution in [2.24, 2.45) is 11.8 Å². The van der Waals surface area contributed by atoms with E-state index < -0.39 is 0 Å². The minimum Gasteiger partial charge on any atom is -0.356 e. The summed E-state index contributed by atoms with van der Waals surface area (Å²) >= 11 is 7.44. The minimum absolute atomic E-state index is 0.236. The van der Waals surface area contributed by atoms with E-state index in [0.29, 0.717) is 12.3 Å². The van der Waals surface area contributed by atoms with Crippen LogP contribution in [0.15, 0.2) is 24.3 Å². The monoisotopic (exact) mass is 446 g/mol. The maximum atomic E-state index is 12.2. The highest BCUT2D eigenvalue weighted by Gasteiger charge is 2.23. The Morgan fingerprint density at radius 2 is 1.83 bits per heavy atom. The van der Waals surface area contributed by atoms with Crippen molar-refractivity contribution in [3.05, 3.63) is 40.7 Å². The topological polar surface area (TPSA) is 58.1 Å². The second-order valence-electron chi connectivity index (χ2n) is 8.72. The van der Waals surface area contributed by atoms with E-state index in [1.807, 2.05) is 24.3 Å². The summed E-state index contributed by atoms with van der Waals surface area (Å²) in [4.78, 5) is 19.2. The molecule has 1 aromatic heterocycles. The van der Waals surface area contributed by atoms with Crippen LogP contribution < -0.4 is 10.2 Å². The molecule has 1 aromatic carbocycles. The quantitative estimate of drug-likeness (QED) is 0.613. The van der Waals surface area contributed by atoms with Gasteiger partial charge in [-0.25, -0.2) is 4.98 Å². The number of nitrogens with zero attached hydrogens (tertiary/aromatic N) is 3. The van der Waals surface area contributed by atoms with Crippen LogP contribution in [0.3, 0.4) is 0 Å². The average molecular weight is 447 g/mol. The van der Waals surface area contributed by atoms with Crippen LogP contribution >= 0.6 is 23.1 Å². The third kappa shape index (κ3) is 6.17. The van der Waals surface area contributed by atoms with E-state index in [9.17, 15) is 4.79 Å². The van der Waals surface area contributed by atoms with Crippen molar-refractivity contribution in [1.29, 1.82) is 0 Å². The standard InChI is InChI=1S/C23H31ClN4OS/c24-20-8-5-18(6-9-20)15-21-26-23(30-27-21)28-13-11-19(12-14-28)16-25-22(29)10-7-17-3-1-2-4-17/h5-6,8-9,17,19H,1-4,7,10-16H2,(H,25,29). The Balaban J connectivity index is 1.17. The Morgan fingerprint density at radius 1 is 1.10 bits per heavy atom. The highest BCUT2D eigenvalue weighted by Crippen LogP contribution is 2.28. The van der Waals surface area contributed by atoms with E-state index in [0.717, 1.165) is 67.2 Å². The smallest absolute Gasteiger partial charge is 0.220 e. The summed E-state index contributed by atoms with van der Waals surface area (Å²) in [5, 5.41) is 4.93. The predicted octanol–water partition coefficient (Wildman–Crippen LogP) is 5.09. The van der Waals surface area contributed by atoms with Gasteiger partial charge in [0, 0.05) is 49.0 Å². The van der Waals surface area contributed by atoms with E-state index in [4.69, 9.17) is 16.6 Å². The predicted molar refractivity (Wildman–Crippen MR) is 123 cm³/mol. The van der Waals surface area contributed by atoms with Gasteiger partial charge in [0.05, 0.1) is 0 Å². The summed E-state index contributed by atoms with van der Waals surface area (Å²) in [6.07, 6.45) is 10.0. The number of piperidine rings is 1. The molecule has 1 aliphatic carbocycles. The van der Waals surface area contributed by atoms with Crippen LogP contribution in [0.1, 0.15) is 62.8 Å². The first-order chi connectivity index (χ1) is 14.7. The molecule has 30 heavy (non-hydrogen) atoms. The third-order valence-corrected chi connectivity index (χ3v) is 7.53. The zero-order valence-corrected chi connectivity index (χ0v) is 19.1. The van der Waals surface area contributed by atoms with Gasteiger partial charge in [-0.15, -0.1) is 0 Å². The van der Waals surface area contributed by atoms with Crippen LogP contribution in [0.5, 0.6) is 0 Å². The molecular weight excluding hydrogens is 416 g/mol. The normalized spacial score (nSPS) is 18.1. The van der Waals surface area contributed by atoms with Crippen LogP contribution in [0, 0.1) is 11.8 Å². The van der Waals surface area contributed by atoms with Gasteiger partial charge in [0.1, 0.15) is 5.82 Å². The molecular formula is C23H31ClN4OS. The van der Waals surface area contributed by atoms with Crippen molar-refractivity contribution < 1.29 is 4.79 Å². The number of aromatic nitrogens is 2. The van der Waals surface area contributed by atoms with Gasteiger partial charge >= 0.3 is 0 Å². The fourth-order valence-corrected chi connectivity index (χ4v) is 5.40. The number of amides is 1. The molecule has 2 fully saturated rings. The van der Waals surface area contributed by atoms with Gasteiger partial charge in [-0.1, -0.05) is 49.4 Å². The minimum atomic E-state index is 0.236. The summed E-state index contributed by atoms with van der Waals surface area (Å²) in [5.41, 5.74) is 1.17. The lowest BCUT2D eigenvalue weighted by atomic mass is 9.97. The van der Waals surface area contributed by atoms with Crippen LogP contribution in [0.4, 0.5) is 5.13 Å². The number of carbonyl (C=O) groups is 1. The molecule has 1 saturated carbocycles. The summed E-state index contributed by atoms with van der Waals surface area (Å²) in [6.45, 7) is 2.78. The maximum Gasteiger partial charge on any atom is 0.220 e. The van der Waals surface area contributed by atoms with Crippen molar-refractivity contribution in [3.8, 4) is 0 Å². The Morgan fingerprint density at radius 3 is 2.57 bits per heavy atom. The lowest BCUT2D eigenvalue weighted by molar-refractivity contribution is -0.121. The molecule has 1 N–H and O–H groups in total. The Bertz CT molecular complexity index is 811. The van der Waals surface area contributed by atoms with Gasteiger partial charge in [-0.3, -0.25) is 4.79 Å². The van der Waals surface area contributed by atoms with E-state index in [1.54, 1.807) is 0 Å². The molecule has 2 aliphatic rings. The van der Waals surface area contributed by atoms with Gasteiger partial charge in [0.2, 0.25) is 11.0 Å². The zero-order valence-electron chi connectivity index (χ0n) is 17.5. The number of hydrogen-bond acceptors (Lipinski definition) is 5. The maximum absolute atomic E-state index is 12.2. The van der Waals surface area contributed by atoms with E-state index in [1.165, 1.54) is 42.8 Å². The SMILES string of the molecule is O=C(CCC1CCCC1)NCC1CCN(c2nc(Cc3ccc(Cl)cc3)ns2)CC1. The second kappa shape index (κ2) is 10.6. The van der Waals surface area contributed by atoms with Gasteiger partial charge in [-0.05, 0) is 48.8 Å². The third-order valence-electron chi connectivity index (χ3n) is 6.46. The lowest BCUT2D eigenvalue weighted by Gasteiger charge is -2.31. The number of rotatable bonds is 8. The molecule has 0 radical (unpaired) electrons. The number of nitrogens with one attached hydrogen (secondary N) is 1. The molecule has 4 rings (SSSR count). The number of carbonyl (C=O) groups excluding carboxylic acids is 1. The van der Waals surface area contributed by atoms with E-state index in [2.05, 4.69) is 14.6 Å². The molecule has 162 valence electrons. The number of anilines is 1. The van der Waals surface area contributed by atoms with Crippen LogP contribution in [-0.2, 0) is 11.2 Å². The molecule has 5 nitrogen and oxygen atoms in total. The fourth-order valence-electron chi connectivity index (χ4n) is 4.54. The van der Waals surface area contributed by atoms with Crippen molar-refractivity contribution in [1.82, 2.24) is 14.7 Å². The number of halogens is 1. The highest BCUT2D eigenvalue weighted by atomic mass is 35.5. The Labute approximate surface area is 188 Å². The molecule has 2 aromatic rings. The molecule has 0 bridgehead atoms. The van der Waals surface area contributed by atoms with Crippen molar-refractivity contribution in [2.45, 2.75) is 57.8 Å². The average Bonchev–Trinajstić information content (AvgIpc) is 3.45. The Hall–Kier alpha value is -1.66. The molecule has 0 atom stereocenters. The first kappa shape index (κ1) is 21.6. The van der Waals surface area contributed by atoms with Crippen molar-refractivity contribution in [3.63, 3.8) is 0 Å². The van der Waals surface area contributed by atoms with Crippen LogP contribution in [0.25, 0.3) is 0 Å². The molecule has 1 aliphatic heterocycles. The molecule has 1 amide bonds. The van der Waals surface area contributed by atoms with Gasteiger partial charge in [-0.2, -0.15) is 4.37 Å². The first-order valence-corrected chi connectivity index (χ1v) is 12.4. The van der Waals surface area contributed by atoms with Gasteiger partial charge < -0.3 is 10.2 Å². The summed E-state index contributed by atoms with van der Waals surface area (Å²) in [5.74, 6) is 2.46. The molecule has 1 saturated heterocycles. The number of benzene rings is 1. The largest absolute Gasteiger partial charge is 0.356 e. The van der Waals surface area contributed by atoms with E-state index in [-0.39, 0.29) is 5.91 Å². The molecule has 0 spiro atoms. The van der Waals surface area contributed by atoms with Gasteiger partial charge in [0.25, 0.3) is 0 Å². The highest BCUT2D eigenvalue weighted by molar-refractivity contribution is 7.09. The number of hydrogen-bond donors (Lipinski definition) is 1. The Kier molecular flexibility index (Phi) is 7.61. The second-order valence-corrected chi connectivity index (χ2v) is 9.89. The van der Waals surface area contributed by atoms with Crippen molar-refractivity contribution >= 4 is 34.2 Å².